The molecule has 0 aliphatic rings. The van der Waals surface area contributed by atoms with Gasteiger partial charge in [-0.2, -0.15) is 0 Å². The molecule has 1 atom stereocenters. The Kier molecular flexibility index (Phi) is 7.05. The van der Waals surface area contributed by atoms with Crippen molar-refractivity contribution in [1.82, 2.24) is 10.6 Å². The second-order valence-electron chi connectivity index (χ2n) is 4.54. The number of amides is 3. The first-order valence-corrected chi connectivity index (χ1v) is 6.63. The van der Waals surface area contributed by atoms with E-state index in [0.29, 0.717) is 0 Å². The van der Waals surface area contributed by atoms with Crippen LogP contribution in [0.3, 0.4) is 0 Å². The van der Waals surface area contributed by atoms with E-state index in [1.54, 1.807) is 24.3 Å². The average molecular weight is 323 g/mol. The molecule has 0 spiro atoms. The molecule has 23 heavy (non-hydrogen) atoms. The number of rotatable bonds is 8. The third kappa shape index (κ3) is 7.46. The quantitative estimate of drug-likeness (QED) is 0.500. The monoisotopic (exact) mass is 323 g/mol. The lowest BCUT2D eigenvalue weighted by molar-refractivity contribution is -0.143. The summed E-state index contributed by atoms with van der Waals surface area (Å²) in [5.74, 6) is -3.05. The highest BCUT2D eigenvalue weighted by molar-refractivity contribution is 5.89. The maximum absolute atomic E-state index is 11.5. The number of aliphatic carboxylic acids is 1. The number of benzene rings is 1. The highest BCUT2D eigenvalue weighted by Crippen LogP contribution is 2.00. The molecule has 0 saturated heterocycles. The summed E-state index contributed by atoms with van der Waals surface area (Å²) in [7, 11) is 0. The smallest absolute Gasteiger partial charge is 0.407 e. The molecule has 0 aliphatic carbocycles. The van der Waals surface area contributed by atoms with Gasteiger partial charge in [-0.05, 0) is 5.56 Å². The number of hydrogen-bond donors (Lipinski definition) is 4. The fourth-order valence-electron chi connectivity index (χ4n) is 1.57. The fourth-order valence-corrected chi connectivity index (χ4v) is 1.57. The minimum Gasteiger partial charge on any atom is -0.480 e. The minimum atomic E-state index is -1.44. The van der Waals surface area contributed by atoms with Crippen LogP contribution in [0.5, 0.6) is 0 Å². The molecule has 0 aliphatic heterocycles. The Balaban J connectivity index is 2.32. The van der Waals surface area contributed by atoms with Gasteiger partial charge in [-0.15, -0.1) is 0 Å². The molecule has 1 rings (SSSR count). The fraction of sp³-hybridized carbons (Fsp3) is 0.286. The zero-order valence-electron chi connectivity index (χ0n) is 12.2. The van der Waals surface area contributed by atoms with Crippen LogP contribution >= 0.6 is 0 Å². The summed E-state index contributed by atoms with van der Waals surface area (Å²) in [5, 5.41) is 13.1. The highest BCUT2D eigenvalue weighted by atomic mass is 16.5. The summed E-state index contributed by atoms with van der Waals surface area (Å²) in [6.07, 6.45) is -1.37. The lowest BCUT2D eigenvalue weighted by Gasteiger charge is -2.13. The van der Waals surface area contributed by atoms with Crippen molar-refractivity contribution in [2.45, 2.75) is 19.1 Å². The number of ether oxygens (including phenoxy) is 1. The van der Waals surface area contributed by atoms with Crippen LogP contribution in [-0.2, 0) is 25.7 Å². The van der Waals surface area contributed by atoms with E-state index in [2.05, 4.69) is 10.6 Å². The third-order valence-corrected chi connectivity index (χ3v) is 2.64. The molecular formula is C14H17N3O6. The number of hydrogen-bond acceptors (Lipinski definition) is 5. The maximum atomic E-state index is 11.5. The summed E-state index contributed by atoms with van der Waals surface area (Å²) in [4.78, 5) is 44.5. The number of nitrogens with two attached hydrogens (primary N) is 1. The van der Waals surface area contributed by atoms with Crippen LogP contribution in [0.4, 0.5) is 4.79 Å². The van der Waals surface area contributed by atoms with Gasteiger partial charge in [0.15, 0.2) is 0 Å². The van der Waals surface area contributed by atoms with Crippen LogP contribution in [-0.4, -0.2) is 41.6 Å². The number of carbonyl (C=O) groups excluding carboxylic acids is 3. The van der Waals surface area contributed by atoms with Gasteiger partial charge in [0.2, 0.25) is 11.8 Å². The van der Waals surface area contributed by atoms with Crippen molar-refractivity contribution in [2.24, 2.45) is 5.73 Å². The molecular weight excluding hydrogens is 306 g/mol. The molecule has 0 unspecified atom stereocenters. The van der Waals surface area contributed by atoms with Crippen molar-refractivity contribution < 1.29 is 29.0 Å². The van der Waals surface area contributed by atoms with E-state index in [4.69, 9.17) is 15.6 Å². The molecule has 0 radical (unpaired) electrons. The Morgan fingerprint density at radius 2 is 1.83 bits per heavy atom. The van der Waals surface area contributed by atoms with Crippen LogP contribution in [0.15, 0.2) is 30.3 Å². The van der Waals surface area contributed by atoms with Crippen LogP contribution in [0.1, 0.15) is 12.0 Å². The normalized spacial score (nSPS) is 11.1. The van der Waals surface area contributed by atoms with Gasteiger partial charge in [-0.1, -0.05) is 30.3 Å². The summed E-state index contributed by atoms with van der Waals surface area (Å²) in [6, 6.07) is 7.48. The molecule has 0 heterocycles. The van der Waals surface area contributed by atoms with E-state index >= 15 is 0 Å². The van der Waals surface area contributed by atoms with Crippen LogP contribution in [0.25, 0.3) is 0 Å². The van der Waals surface area contributed by atoms with E-state index < -0.39 is 42.9 Å². The number of carbonyl (C=O) groups is 4. The number of alkyl carbamates (subject to hydrolysis) is 1. The lowest BCUT2D eigenvalue weighted by atomic mass is 10.2. The second-order valence-corrected chi connectivity index (χ2v) is 4.54. The van der Waals surface area contributed by atoms with Gasteiger partial charge in [0, 0.05) is 0 Å². The van der Waals surface area contributed by atoms with Gasteiger partial charge in [0.05, 0.1) is 6.42 Å². The average Bonchev–Trinajstić information content (AvgIpc) is 2.50. The number of carboxylic acids is 1. The van der Waals surface area contributed by atoms with Gasteiger partial charge >= 0.3 is 12.1 Å². The minimum absolute atomic E-state index is 0.0354. The predicted molar refractivity (Wildman–Crippen MR) is 78.0 cm³/mol. The maximum Gasteiger partial charge on any atom is 0.407 e. The summed E-state index contributed by atoms with van der Waals surface area (Å²) >= 11 is 0. The first-order valence-electron chi connectivity index (χ1n) is 6.63. The van der Waals surface area contributed by atoms with Crippen molar-refractivity contribution in [2.75, 3.05) is 6.54 Å². The van der Waals surface area contributed by atoms with E-state index in [-0.39, 0.29) is 6.61 Å². The third-order valence-electron chi connectivity index (χ3n) is 2.64. The van der Waals surface area contributed by atoms with Crippen LogP contribution in [0.2, 0.25) is 0 Å². The SMILES string of the molecule is NC(=O)C[C@H](NC(=O)CNC(=O)OCc1ccccc1)C(=O)O. The van der Waals surface area contributed by atoms with Gasteiger partial charge in [0.25, 0.3) is 0 Å². The number of carboxylic acid groups (broad SMARTS) is 1. The lowest BCUT2D eigenvalue weighted by Crippen LogP contribution is -2.47. The zero-order valence-corrected chi connectivity index (χ0v) is 12.2. The Bertz CT molecular complexity index is 575. The van der Waals surface area contributed by atoms with Gasteiger partial charge in [0.1, 0.15) is 19.2 Å². The first kappa shape index (κ1) is 18.0. The Morgan fingerprint density at radius 1 is 1.17 bits per heavy atom. The molecule has 0 fully saturated rings. The Labute approximate surface area is 131 Å². The predicted octanol–water partition coefficient (Wildman–Crippen LogP) is -0.642. The van der Waals surface area contributed by atoms with Crippen LogP contribution < -0.4 is 16.4 Å². The van der Waals surface area contributed by atoms with Crippen molar-refractivity contribution in [1.29, 1.82) is 0 Å². The molecule has 5 N–H and O–H groups in total. The molecule has 9 nitrogen and oxygen atoms in total. The van der Waals surface area contributed by atoms with E-state index in [1.807, 2.05) is 6.07 Å². The van der Waals surface area contributed by atoms with Gasteiger partial charge in [-0.3, -0.25) is 9.59 Å². The largest absolute Gasteiger partial charge is 0.480 e. The molecule has 0 saturated carbocycles. The molecule has 124 valence electrons. The molecule has 1 aromatic rings. The summed E-state index contributed by atoms with van der Waals surface area (Å²) < 4.78 is 4.87. The van der Waals surface area contributed by atoms with Gasteiger partial charge < -0.3 is 26.2 Å². The Hall–Kier alpha value is -3.10. The van der Waals surface area contributed by atoms with Crippen molar-refractivity contribution in [3.05, 3.63) is 35.9 Å². The number of nitrogens with one attached hydrogen (secondary N) is 2. The molecule has 1 aromatic carbocycles. The topological polar surface area (TPSA) is 148 Å². The summed E-state index contributed by atoms with van der Waals surface area (Å²) in [5.41, 5.74) is 5.66. The zero-order chi connectivity index (χ0) is 17.2. The highest BCUT2D eigenvalue weighted by Gasteiger charge is 2.22. The summed E-state index contributed by atoms with van der Waals surface area (Å²) in [6.45, 7) is -0.454. The van der Waals surface area contributed by atoms with Crippen molar-refractivity contribution in [3.63, 3.8) is 0 Å². The van der Waals surface area contributed by atoms with Crippen molar-refractivity contribution >= 4 is 23.9 Å². The standard InChI is InChI=1S/C14H17N3O6/c15-11(18)6-10(13(20)21)17-12(19)7-16-14(22)23-8-9-4-2-1-3-5-9/h1-5,10H,6-8H2,(H2,15,18)(H,16,22)(H,17,19)(H,20,21)/t10-/m0/s1. The molecule has 9 heteroatoms. The molecule has 0 aromatic heterocycles. The first-order chi connectivity index (χ1) is 10.9. The van der Waals surface area contributed by atoms with E-state index in [1.165, 1.54) is 0 Å². The van der Waals surface area contributed by atoms with E-state index in [0.717, 1.165) is 5.56 Å². The van der Waals surface area contributed by atoms with Crippen LogP contribution in [0, 0.1) is 0 Å². The molecule has 0 bridgehead atoms. The van der Waals surface area contributed by atoms with Gasteiger partial charge in [-0.25, -0.2) is 9.59 Å². The molecule has 3 amide bonds. The van der Waals surface area contributed by atoms with Crippen molar-refractivity contribution in [3.8, 4) is 0 Å². The number of primary amides is 1. The van der Waals surface area contributed by atoms with E-state index in [9.17, 15) is 19.2 Å². The Morgan fingerprint density at radius 3 is 2.39 bits per heavy atom. The second kappa shape index (κ2) is 9.03.